The van der Waals surface area contributed by atoms with Gasteiger partial charge in [0.05, 0.1) is 15.1 Å². The summed E-state index contributed by atoms with van der Waals surface area (Å²) >= 11 is 3.55. The molecule has 2 nitrogen and oxygen atoms in total. The van der Waals surface area contributed by atoms with E-state index in [0.717, 1.165) is 5.69 Å². The van der Waals surface area contributed by atoms with Gasteiger partial charge < -0.3 is 0 Å². The van der Waals surface area contributed by atoms with E-state index in [2.05, 4.69) is 85.7 Å². The highest BCUT2D eigenvalue weighted by Crippen LogP contribution is 2.42. The predicted molar refractivity (Wildman–Crippen MR) is 140 cm³/mol. The number of nitrogens with zero attached hydrogens (tertiary/aromatic N) is 2. The summed E-state index contributed by atoms with van der Waals surface area (Å²) in [5.74, 6) is 0. The summed E-state index contributed by atoms with van der Waals surface area (Å²) in [6.45, 7) is 6.85. The maximum Gasteiger partial charge on any atom is 0.0880 e. The average molecular weight is 451 g/mol. The zero-order chi connectivity index (χ0) is 21.9. The topological polar surface area (TPSA) is 25.8 Å². The second kappa shape index (κ2) is 7.22. The van der Waals surface area contributed by atoms with Crippen LogP contribution in [0.5, 0.6) is 0 Å². The van der Waals surface area contributed by atoms with Crippen molar-refractivity contribution in [1.82, 2.24) is 9.97 Å². The molecular weight excluding hydrogens is 428 g/mol. The van der Waals surface area contributed by atoms with Gasteiger partial charge in [0.2, 0.25) is 0 Å². The Balaban J connectivity index is 1.60. The normalized spacial score (nSPS) is 12.2. The van der Waals surface area contributed by atoms with Crippen molar-refractivity contribution in [2.24, 2.45) is 0 Å². The van der Waals surface area contributed by atoms with Gasteiger partial charge in [-0.1, -0.05) is 45.0 Å². The van der Waals surface area contributed by atoms with Gasteiger partial charge in [-0.3, -0.25) is 9.97 Å². The Bertz CT molecular complexity index is 1620. The van der Waals surface area contributed by atoms with Gasteiger partial charge >= 0.3 is 0 Å². The van der Waals surface area contributed by atoms with Crippen LogP contribution in [0.25, 0.3) is 52.6 Å². The van der Waals surface area contributed by atoms with Crippen LogP contribution in [0.1, 0.15) is 26.3 Å². The van der Waals surface area contributed by atoms with E-state index in [-0.39, 0.29) is 5.41 Å². The Morgan fingerprint density at radius 2 is 1.72 bits per heavy atom. The van der Waals surface area contributed by atoms with Crippen LogP contribution in [0.4, 0.5) is 0 Å². The van der Waals surface area contributed by atoms with Crippen LogP contribution < -0.4 is 0 Å². The summed E-state index contributed by atoms with van der Waals surface area (Å²) in [6.07, 6.45) is 5.87. The highest BCUT2D eigenvalue weighted by atomic mass is 32.1. The van der Waals surface area contributed by atoms with E-state index in [4.69, 9.17) is 4.98 Å². The van der Waals surface area contributed by atoms with E-state index in [1.807, 2.05) is 29.9 Å². The molecule has 0 aliphatic carbocycles. The fourth-order valence-corrected chi connectivity index (χ4v) is 6.43. The molecule has 0 aliphatic rings. The van der Waals surface area contributed by atoms with Gasteiger partial charge in [0.25, 0.3) is 0 Å². The highest BCUT2D eigenvalue weighted by Gasteiger charge is 2.20. The third kappa shape index (κ3) is 3.14. The van der Waals surface area contributed by atoms with Crippen LogP contribution in [-0.2, 0) is 5.41 Å². The summed E-state index contributed by atoms with van der Waals surface area (Å²) in [6, 6.07) is 19.9. The van der Waals surface area contributed by atoms with Gasteiger partial charge in [-0.05, 0) is 62.8 Å². The van der Waals surface area contributed by atoms with Crippen molar-refractivity contribution < 1.29 is 0 Å². The van der Waals surface area contributed by atoms with Gasteiger partial charge in [-0.2, -0.15) is 0 Å². The molecule has 156 valence electrons. The molecule has 0 saturated carbocycles. The second-order valence-electron chi connectivity index (χ2n) is 9.20. The van der Waals surface area contributed by atoms with Crippen LogP contribution in [0.2, 0.25) is 0 Å². The van der Waals surface area contributed by atoms with Gasteiger partial charge in [0.1, 0.15) is 0 Å². The minimum absolute atomic E-state index is 0.0460. The quantitative estimate of drug-likeness (QED) is 0.264. The van der Waals surface area contributed by atoms with E-state index >= 15 is 0 Å². The SMILES string of the molecule is CC(C)(C)c1cc(-c2nccc3cc(-c4cncc5sccc45)sc23)cc2ccccc12. The zero-order valence-electron chi connectivity index (χ0n) is 18.2. The van der Waals surface area contributed by atoms with E-state index in [0.29, 0.717) is 0 Å². The van der Waals surface area contributed by atoms with Crippen LogP contribution in [0.15, 0.2) is 78.6 Å². The van der Waals surface area contributed by atoms with E-state index in [1.165, 1.54) is 52.5 Å². The predicted octanol–water partition coefficient (Wildman–Crippen LogP) is 8.69. The Kier molecular flexibility index (Phi) is 4.42. The van der Waals surface area contributed by atoms with Gasteiger partial charge in [0, 0.05) is 40.0 Å². The third-order valence-corrected chi connectivity index (χ3v) is 8.07. The molecule has 4 heteroatoms. The van der Waals surface area contributed by atoms with Crippen molar-refractivity contribution in [3.8, 4) is 21.7 Å². The smallest absolute Gasteiger partial charge is 0.0880 e. The Hall–Kier alpha value is -3.08. The molecule has 0 unspecified atom stereocenters. The lowest BCUT2D eigenvalue weighted by atomic mass is 9.82. The number of hydrogen-bond donors (Lipinski definition) is 0. The molecule has 0 amide bonds. The van der Waals surface area contributed by atoms with Crippen molar-refractivity contribution in [1.29, 1.82) is 0 Å². The second-order valence-corrected chi connectivity index (χ2v) is 11.2. The Morgan fingerprint density at radius 1 is 0.844 bits per heavy atom. The molecule has 0 fully saturated rings. The molecule has 6 aromatic rings. The first-order valence-corrected chi connectivity index (χ1v) is 12.4. The molecular formula is C28H22N2S2. The molecule has 0 N–H and O–H groups in total. The van der Waals surface area contributed by atoms with Crippen LogP contribution in [-0.4, -0.2) is 9.97 Å². The highest BCUT2D eigenvalue weighted by molar-refractivity contribution is 7.23. The van der Waals surface area contributed by atoms with Crippen molar-refractivity contribution in [2.45, 2.75) is 26.2 Å². The van der Waals surface area contributed by atoms with Crippen molar-refractivity contribution in [3.63, 3.8) is 0 Å². The molecule has 0 radical (unpaired) electrons. The van der Waals surface area contributed by atoms with Crippen LogP contribution in [0, 0.1) is 0 Å². The maximum atomic E-state index is 4.86. The number of benzene rings is 2. The monoisotopic (exact) mass is 450 g/mol. The molecule has 4 aromatic heterocycles. The summed E-state index contributed by atoms with van der Waals surface area (Å²) in [7, 11) is 0. The molecule has 4 heterocycles. The molecule has 2 aromatic carbocycles. The summed E-state index contributed by atoms with van der Waals surface area (Å²) < 4.78 is 2.45. The van der Waals surface area contributed by atoms with Gasteiger partial charge in [-0.15, -0.1) is 22.7 Å². The molecule has 0 atom stereocenters. The van der Waals surface area contributed by atoms with Crippen LogP contribution >= 0.6 is 22.7 Å². The largest absolute Gasteiger partial charge is 0.263 e. The molecule has 0 aliphatic heterocycles. The van der Waals surface area contributed by atoms with E-state index in [1.54, 1.807) is 11.3 Å². The first kappa shape index (κ1) is 19.6. The maximum absolute atomic E-state index is 4.86. The summed E-state index contributed by atoms with van der Waals surface area (Å²) in [4.78, 5) is 10.6. The Labute approximate surface area is 195 Å². The number of aromatic nitrogens is 2. The average Bonchev–Trinajstić information content (AvgIpc) is 3.44. The standard InChI is InChI=1S/C28H22N2S2/c1-28(2,3)23-13-19(12-17-6-4-5-7-20(17)23)26-27-18(8-10-30-26)14-24(32-27)22-15-29-16-25-21(22)9-11-31-25/h4-16H,1-3H3. The summed E-state index contributed by atoms with van der Waals surface area (Å²) in [5.41, 5.74) is 4.84. The molecule has 6 rings (SSSR count). The first-order chi connectivity index (χ1) is 15.5. The minimum atomic E-state index is 0.0460. The fourth-order valence-electron chi connectivity index (χ4n) is 4.46. The lowest BCUT2D eigenvalue weighted by Crippen LogP contribution is -2.12. The number of thiophene rings is 2. The lowest BCUT2D eigenvalue weighted by Gasteiger charge is -2.22. The zero-order valence-corrected chi connectivity index (χ0v) is 19.8. The Morgan fingerprint density at radius 3 is 2.59 bits per heavy atom. The minimum Gasteiger partial charge on any atom is -0.263 e. The van der Waals surface area contributed by atoms with Crippen molar-refractivity contribution >= 4 is 53.6 Å². The van der Waals surface area contributed by atoms with E-state index < -0.39 is 0 Å². The molecule has 0 bridgehead atoms. The van der Waals surface area contributed by atoms with Gasteiger partial charge in [-0.25, -0.2) is 0 Å². The van der Waals surface area contributed by atoms with Crippen molar-refractivity contribution in [2.75, 3.05) is 0 Å². The first-order valence-electron chi connectivity index (χ1n) is 10.7. The number of fused-ring (bicyclic) bond motifs is 3. The van der Waals surface area contributed by atoms with Crippen LogP contribution in [0.3, 0.4) is 0 Å². The number of hydrogen-bond acceptors (Lipinski definition) is 4. The summed E-state index contributed by atoms with van der Waals surface area (Å²) in [5, 5.41) is 7.22. The molecule has 0 spiro atoms. The molecule has 32 heavy (non-hydrogen) atoms. The number of pyridine rings is 2. The lowest BCUT2D eigenvalue weighted by molar-refractivity contribution is 0.596. The fraction of sp³-hybridized carbons (Fsp3) is 0.143. The number of rotatable bonds is 2. The van der Waals surface area contributed by atoms with Gasteiger partial charge in [0.15, 0.2) is 0 Å². The third-order valence-electron chi connectivity index (χ3n) is 6.02. The van der Waals surface area contributed by atoms with Crippen molar-refractivity contribution in [3.05, 3.63) is 84.1 Å². The molecule has 0 saturated heterocycles. The van der Waals surface area contributed by atoms with E-state index in [9.17, 15) is 0 Å².